The Kier molecular flexibility index (Phi) is 9.57. The molecule has 1 amide bonds. The summed E-state index contributed by atoms with van der Waals surface area (Å²) in [7, 11) is -1.22. The predicted molar refractivity (Wildman–Crippen MR) is 200 cm³/mol. The Morgan fingerprint density at radius 2 is 1.88 bits per heavy atom. The topological polar surface area (TPSA) is 128 Å². The molecule has 7 rings (SSSR count). The Morgan fingerprint density at radius 3 is 2.65 bits per heavy atom. The second-order valence-corrected chi connectivity index (χ2v) is 20.5. The van der Waals surface area contributed by atoms with Crippen LogP contribution in [0.4, 0.5) is 9.18 Å². The third kappa shape index (κ3) is 7.15. The largest absolute Gasteiger partial charge is 0.426 e. The summed E-state index contributed by atoms with van der Waals surface area (Å²) >= 11 is 0. The highest BCUT2D eigenvalue weighted by atomic mass is 28.3. The van der Waals surface area contributed by atoms with Crippen molar-refractivity contribution >= 4 is 36.0 Å². The molecule has 13 heteroatoms. The summed E-state index contributed by atoms with van der Waals surface area (Å²) in [5.41, 5.74) is 3.71. The monoisotopic (exact) mass is 722 g/mol. The fraction of sp³-hybridized carbons (Fsp3) is 0.359. The number of amides is 1. The first-order chi connectivity index (χ1) is 24.9. The summed E-state index contributed by atoms with van der Waals surface area (Å²) in [6, 6.07) is 20.6. The first kappa shape index (κ1) is 35.3. The molecule has 1 aliphatic heterocycles. The van der Waals surface area contributed by atoms with E-state index in [1.165, 1.54) is 24.3 Å². The van der Waals surface area contributed by atoms with Gasteiger partial charge in [0.05, 0.1) is 11.1 Å². The van der Waals surface area contributed by atoms with Gasteiger partial charge in [0.15, 0.2) is 0 Å². The van der Waals surface area contributed by atoms with Gasteiger partial charge in [-0.25, -0.2) is 13.9 Å². The molecule has 270 valence electrons. The lowest BCUT2D eigenvalue weighted by atomic mass is 9.71. The second-order valence-electron chi connectivity index (χ2n) is 14.9. The summed E-state index contributed by atoms with van der Waals surface area (Å²) in [4.78, 5) is 36.8. The number of hydrogen-bond acceptors (Lipinski definition) is 8. The number of para-hydroxylation sites is 1. The number of aromatic nitrogens is 5. The summed E-state index contributed by atoms with van der Waals surface area (Å²) in [5, 5.41) is 10.6. The molecule has 3 aromatic heterocycles. The van der Waals surface area contributed by atoms with Crippen molar-refractivity contribution < 1.29 is 23.2 Å². The molecule has 2 atom stereocenters. The predicted octanol–water partition coefficient (Wildman–Crippen LogP) is 8.37. The molecule has 1 fully saturated rings. The Morgan fingerprint density at radius 1 is 1.10 bits per heavy atom. The minimum atomic E-state index is -1.22. The molecule has 0 bridgehead atoms. The summed E-state index contributed by atoms with van der Waals surface area (Å²) < 4.78 is 32.4. The molecule has 6 aromatic rings. The van der Waals surface area contributed by atoms with Crippen LogP contribution in [0, 0.1) is 12.7 Å². The number of carbonyl (C=O) groups excluding carboxylic acids is 1. The number of nitrogens with zero attached hydrogens (tertiary/aromatic N) is 5. The third-order valence-corrected chi connectivity index (χ3v) is 11.8. The molecular weight excluding hydrogens is 680 g/mol. The van der Waals surface area contributed by atoms with E-state index >= 15 is 0 Å². The number of hydrogen-bond donors (Lipinski definition) is 1. The molecular formula is C39H43FN6O5Si. The molecule has 1 unspecified atom stereocenters. The van der Waals surface area contributed by atoms with E-state index in [1.54, 1.807) is 4.90 Å². The zero-order chi connectivity index (χ0) is 36.6. The zero-order valence-electron chi connectivity index (χ0n) is 30.1. The van der Waals surface area contributed by atoms with Gasteiger partial charge in [-0.15, -0.1) is 0 Å². The van der Waals surface area contributed by atoms with Crippen LogP contribution in [0.15, 0.2) is 82.2 Å². The van der Waals surface area contributed by atoms with Gasteiger partial charge in [-0.3, -0.25) is 14.2 Å². The van der Waals surface area contributed by atoms with Crippen LogP contribution in [0.25, 0.3) is 33.2 Å². The molecule has 1 aliphatic rings. The van der Waals surface area contributed by atoms with E-state index in [-0.39, 0.29) is 23.4 Å². The Labute approximate surface area is 301 Å². The SMILES string of the molecule is CC[C@]1(c2cc(C)c3nn(COCC[Si](C)(C)C)cc3c2)CC(c2cc3ccccc3[nH]c2=O)CCN1C(=O)Oc1nc(-c2ccc(F)cc2)no1. The number of likely N-dealkylation sites (tertiary alicyclic amines) is 1. The fourth-order valence-corrected chi connectivity index (χ4v) is 8.02. The number of fused-ring (bicyclic) bond motifs is 2. The van der Waals surface area contributed by atoms with E-state index in [9.17, 15) is 14.0 Å². The van der Waals surface area contributed by atoms with E-state index in [2.05, 4.69) is 46.9 Å². The molecule has 3 aromatic carbocycles. The summed E-state index contributed by atoms with van der Waals surface area (Å²) in [5.74, 6) is -0.374. The van der Waals surface area contributed by atoms with Crippen molar-refractivity contribution in [3.05, 3.63) is 106 Å². The number of carbonyl (C=O) groups is 1. The minimum Gasteiger partial charge on any atom is -0.360 e. The molecule has 1 N–H and O–H groups in total. The lowest BCUT2D eigenvalue weighted by Crippen LogP contribution is -2.55. The average Bonchev–Trinajstić information content (AvgIpc) is 3.77. The van der Waals surface area contributed by atoms with Crippen LogP contribution in [0.5, 0.6) is 6.08 Å². The van der Waals surface area contributed by atoms with Crippen LogP contribution in [-0.2, 0) is 17.0 Å². The van der Waals surface area contributed by atoms with E-state index in [0.717, 1.165) is 39.0 Å². The Balaban J connectivity index is 1.24. The van der Waals surface area contributed by atoms with Gasteiger partial charge in [-0.05, 0) is 97.1 Å². The number of piperidine rings is 1. The molecule has 0 saturated carbocycles. The molecule has 1 saturated heterocycles. The second kappa shape index (κ2) is 14.1. The van der Waals surface area contributed by atoms with Crippen molar-refractivity contribution in [2.45, 2.75) is 77.0 Å². The van der Waals surface area contributed by atoms with Gasteiger partial charge in [-0.1, -0.05) is 56.0 Å². The quantitative estimate of drug-likeness (QED) is 0.110. The molecule has 0 spiro atoms. The highest BCUT2D eigenvalue weighted by Crippen LogP contribution is 2.47. The van der Waals surface area contributed by atoms with Crippen LogP contribution in [0.2, 0.25) is 25.7 Å². The van der Waals surface area contributed by atoms with Crippen molar-refractivity contribution in [1.82, 2.24) is 29.8 Å². The van der Waals surface area contributed by atoms with Crippen molar-refractivity contribution in [3.63, 3.8) is 0 Å². The van der Waals surface area contributed by atoms with Crippen LogP contribution in [-0.4, -0.2) is 57.1 Å². The van der Waals surface area contributed by atoms with Gasteiger partial charge in [-0.2, -0.15) is 10.1 Å². The summed E-state index contributed by atoms with van der Waals surface area (Å²) in [6.45, 7) is 12.4. The van der Waals surface area contributed by atoms with Gasteiger partial charge in [0, 0.05) is 49.5 Å². The Hall–Kier alpha value is -5.14. The minimum absolute atomic E-state index is 0.133. The van der Waals surface area contributed by atoms with Crippen LogP contribution < -0.4 is 10.3 Å². The number of benzene rings is 3. The van der Waals surface area contributed by atoms with Crippen LogP contribution >= 0.6 is 0 Å². The van der Waals surface area contributed by atoms with E-state index < -0.39 is 25.5 Å². The first-order valence-corrected chi connectivity index (χ1v) is 21.4. The number of aryl methyl sites for hydroxylation is 1. The molecule has 52 heavy (non-hydrogen) atoms. The zero-order valence-corrected chi connectivity index (χ0v) is 31.1. The van der Waals surface area contributed by atoms with Crippen molar-refractivity contribution in [2.75, 3.05) is 13.2 Å². The van der Waals surface area contributed by atoms with E-state index in [4.69, 9.17) is 19.1 Å². The number of rotatable bonds is 10. The maximum Gasteiger partial charge on any atom is 0.426 e. The van der Waals surface area contributed by atoms with Gasteiger partial charge in [0.25, 0.3) is 5.56 Å². The van der Waals surface area contributed by atoms with Crippen molar-refractivity contribution in [1.29, 1.82) is 0 Å². The number of pyridine rings is 1. The lowest BCUT2D eigenvalue weighted by Gasteiger charge is -2.49. The normalized spacial score (nSPS) is 18.0. The first-order valence-electron chi connectivity index (χ1n) is 17.7. The van der Waals surface area contributed by atoms with Crippen molar-refractivity contribution in [2.24, 2.45) is 0 Å². The molecule has 0 aliphatic carbocycles. The smallest absolute Gasteiger partial charge is 0.360 e. The third-order valence-electron chi connectivity index (χ3n) is 10.1. The van der Waals surface area contributed by atoms with E-state index in [0.29, 0.717) is 50.3 Å². The van der Waals surface area contributed by atoms with Crippen molar-refractivity contribution in [3.8, 4) is 17.5 Å². The highest BCUT2D eigenvalue weighted by Gasteiger charge is 2.47. The van der Waals surface area contributed by atoms with Gasteiger partial charge in [0.1, 0.15) is 12.5 Å². The van der Waals surface area contributed by atoms with Crippen LogP contribution in [0.1, 0.15) is 48.8 Å². The number of H-pyrrole nitrogens is 1. The molecule has 11 nitrogen and oxygen atoms in total. The van der Waals surface area contributed by atoms with Gasteiger partial charge < -0.3 is 14.5 Å². The number of aromatic amines is 1. The van der Waals surface area contributed by atoms with Gasteiger partial charge >= 0.3 is 12.2 Å². The molecule has 4 heterocycles. The Bertz CT molecular complexity index is 2300. The lowest BCUT2D eigenvalue weighted by molar-refractivity contribution is 0.0318. The number of ether oxygens (including phenoxy) is 2. The van der Waals surface area contributed by atoms with Crippen LogP contribution in [0.3, 0.4) is 0 Å². The highest BCUT2D eigenvalue weighted by molar-refractivity contribution is 6.76. The summed E-state index contributed by atoms with van der Waals surface area (Å²) in [6.07, 6.45) is 2.57. The standard InChI is InChI=1S/C39H43FN6O5Si/c1-6-39(30-19-25(2)34-29(20-30)23-45(43-34)24-49-17-18-52(3,4)5)22-28(32-21-27-9-7-8-10-33(27)41-36(32)47)15-16-46(39)38(48)50-37-42-35(44-51-37)26-11-13-31(40)14-12-26/h7-14,19-21,23,28H,6,15-18,22,24H2,1-5H3,(H,41,47)/t28?,39-/m1/s1. The van der Waals surface area contributed by atoms with Gasteiger partial charge in [0.2, 0.25) is 5.82 Å². The average molecular weight is 723 g/mol. The maximum absolute atomic E-state index is 14.2. The maximum atomic E-state index is 14.2. The number of nitrogens with one attached hydrogen (secondary N) is 1. The van der Waals surface area contributed by atoms with E-state index in [1.807, 2.05) is 55.1 Å². The molecule has 0 radical (unpaired) electrons. The fourth-order valence-electron chi connectivity index (χ4n) is 7.26. The number of halogens is 1.